The number of nitrogens with one attached hydrogen (secondary N) is 2. The summed E-state index contributed by atoms with van der Waals surface area (Å²) in [6.45, 7) is 7.48. The van der Waals surface area contributed by atoms with Crippen LogP contribution >= 0.6 is 0 Å². The number of hydrogen-bond donors (Lipinski definition) is 3. The van der Waals surface area contributed by atoms with Crippen LogP contribution in [0.2, 0.25) is 0 Å². The number of amides is 2. The molecule has 2 amide bonds. The van der Waals surface area contributed by atoms with Crippen molar-refractivity contribution in [3.63, 3.8) is 0 Å². The van der Waals surface area contributed by atoms with Gasteiger partial charge in [0.1, 0.15) is 11.6 Å². The first-order valence-electron chi connectivity index (χ1n) is 6.64. The molecule has 0 saturated heterocycles. The average molecular weight is 288 g/mol. The molecule has 3 N–H and O–H groups in total. The smallest absolute Gasteiger partial charge is 0.408 e. The van der Waals surface area contributed by atoms with Gasteiger partial charge in [-0.15, -0.1) is 0 Å². The first-order valence-corrected chi connectivity index (χ1v) is 6.64. The molecule has 0 spiro atoms. The van der Waals surface area contributed by atoms with E-state index < -0.39 is 29.6 Å². The van der Waals surface area contributed by atoms with E-state index in [1.165, 1.54) is 0 Å². The van der Waals surface area contributed by atoms with Crippen molar-refractivity contribution in [2.24, 2.45) is 0 Å². The van der Waals surface area contributed by atoms with Gasteiger partial charge in [-0.05, 0) is 33.6 Å². The number of rotatable bonds is 7. The Morgan fingerprint density at radius 1 is 1.25 bits per heavy atom. The molecule has 0 saturated carbocycles. The summed E-state index contributed by atoms with van der Waals surface area (Å²) in [4.78, 5) is 34.1. The zero-order chi connectivity index (χ0) is 15.8. The maximum atomic E-state index is 11.8. The zero-order valence-electron chi connectivity index (χ0n) is 12.5. The second-order valence-electron chi connectivity index (χ2n) is 5.42. The molecular weight excluding hydrogens is 264 g/mol. The number of hydrogen-bond acceptors (Lipinski definition) is 4. The normalized spacial score (nSPS) is 12.4. The van der Waals surface area contributed by atoms with Crippen molar-refractivity contribution in [2.45, 2.75) is 58.6 Å². The Labute approximate surface area is 119 Å². The topological polar surface area (TPSA) is 105 Å². The molecular formula is C13H24N2O5. The minimum Gasteiger partial charge on any atom is -0.481 e. The Bertz CT molecular complexity index is 349. The molecule has 1 atom stereocenters. The van der Waals surface area contributed by atoms with Gasteiger partial charge in [-0.1, -0.05) is 6.92 Å². The zero-order valence-corrected chi connectivity index (χ0v) is 12.5. The third kappa shape index (κ3) is 9.18. The lowest BCUT2D eigenvalue weighted by Crippen LogP contribution is -2.48. The number of aliphatic carboxylic acids is 1. The van der Waals surface area contributed by atoms with Crippen LogP contribution in [0.5, 0.6) is 0 Å². The van der Waals surface area contributed by atoms with Crippen LogP contribution in [0, 0.1) is 0 Å². The van der Waals surface area contributed by atoms with E-state index in [0.717, 1.165) is 6.42 Å². The Kier molecular flexibility index (Phi) is 7.64. The third-order valence-electron chi connectivity index (χ3n) is 2.20. The summed E-state index contributed by atoms with van der Waals surface area (Å²) in [7, 11) is 0. The molecule has 0 bridgehead atoms. The number of carbonyl (C=O) groups is 3. The number of carboxylic acids is 1. The van der Waals surface area contributed by atoms with Crippen LogP contribution in [-0.4, -0.2) is 41.3 Å². The fourth-order valence-corrected chi connectivity index (χ4v) is 1.36. The molecule has 0 heterocycles. The van der Waals surface area contributed by atoms with Crippen LogP contribution < -0.4 is 10.6 Å². The molecule has 0 aliphatic heterocycles. The molecule has 7 heteroatoms. The van der Waals surface area contributed by atoms with Crippen molar-refractivity contribution in [3.8, 4) is 0 Å². The van der Waals surface area contributed by atoms with Gasteiger partial charge >= 0.3 is 12.1 Å². The standard InChI is InChI=1S/C13H24N2O5/c1-5-8-14-11(18)9(6-7-10(16)17)15-12(19)20-13(2,3)4/h9H,5-8H2,1-4H3,(H,14,18)(H,15,19)(H,16,17). The molecule has 0 fully saturated rings. The van der Waals surface area contributed by atoms with E-state index in [1.807, 2.05) is 6.92 Å². The summed E-state index contributed by atoms with van der Waals surface area (Å²) in [6.07, 6.45) is -0.173. The second-order valence-corrected chi connectivity index (χ2v) is 5.42. The van der Waals surface area contributed by atoms with E-state index in [9.17, 15) is 14.4 Å². The number of ether oxygens (including phenoxy) is 1. The minimum atomic E-state index is -1.02. The summed E-state index contributed by atoms with van der Waals surface area (Å²) in [6, 6.07) is -0.910. The van der Waals surface area contributed by atoms with Crippen molar-refractivity contribution in [3.05, 3.63) is 0 Å². The molecule has 0 aromatic heterocycles. The van der Waals surface area contributed by atoms with Gasteiger partial charge < -0.3 is 20.5 Å². The lowest BCUT2D eigenvalue weighted by molar-refractivity contribution is -0.137. The Balaban J connectivity index is 4.54. The largest absolute Gasteiger partial charge is 0.481 e. The van der Waals surface area contributed by atoms with Gasteiger partial charge in [0.15, 0.2) is 0 Å². The second kappa shape index (κ2) is 8.39. The highest BCUT2D eigenvalue weighted by Gasteiger charge is 2.24. The van der Waals surface area contributed by atoms with Crippen LogP contribution in [0.1, 0.15) is 47.0 Å². The minimum absolute atomic E-state index is 0.0180. The van der Waals surface area contributed by atoms with Gasteiger partial charge in [0, 0.05) is 13.0 Å². The molecule has 0 radical (unpaired) electrons. The van der Waals surface area contributed by atoms with Gasteiger partial charge in [0.05, 0.1) is 0 Å². The predicted octanol–water partition coefficient (Wildman–Crippen LogP) is 1.27. The molecule has 7 nitrogen and oxygen atoms in total. The molecule has 0 aliphatic carbocycles. The number of alkyl carbamates (subject to hydrolysis) is 1. The van der Waals surface area contributed by atoms with E-state index in [2.05, 4.69) is 10.6 Å². The van der Waals surface area contributed by atoms with E-state index in [-0.39, 0.29) is 12.8 Å². The van der Waals surface area contributed by atoms with Gasteiger partial charge in [0.25, 0.3) is 0 Å². The van der Waals surface area contributed by atoms with Crippen LogP contribution in [0.3, 0.4) is 0 Å². The summed E-state index contributed by atoms with van der Waals surface area (Å²) < 4.78 is 5.05. The van der Waals surface area contributed by atoms with Crippen molar-refractivity contribution in [2.75, 3.05) is 6.54 Å². The van der Waals surface area contributed by atoms with Gasteiger partial charge in [-0.25, -0.2) is 4.79 Å². The fourth-order valence-electron chi connectivity index (χ4n) is 1.36. The van der Waals surface area contributed by atoms with Gasteiger partial charge in [0.2, 0.25) is 5.91 Å². The highest BCUT2D eigenvalue weighted by molar-refractivity contribution is 5.86. The summed E-state index contributed by atoms with van der Waals surface area (Å²) in [5.41, 5.74) is -0.679. The third-order valence-corrected chi connectivity index (χ3v) is 2.20. The molecule has 0 aromatic carbocycles. The molecule has 0 aromatic rings. The first kappa shape index (κ1) is 18.2. The van der Waals surface area contributed by atoms with Crippen LogP contribution in [0.15, 0.2) is 0 Å². The molecule has 0 aliphatic rings. The monoisotopic (exact) mass is 288 g/mol. The Morgan fingerprint density at radius 3 is 2.30 bits per heavy atom. The number of carbonyl (C=O) groups excluding carboxylic acids is 2. The maximum absolute atomic E-state index is 11.8. The quantitative estimate of drug-likeness (QED) is 0.654. The van der Waals surface area contributed by atoms with Crippen LogP contribution in [0.4, 0.5) is 4.79 Å². The van der Waals surface area contributed by atoms with Crippen LogP contribution in [0.25, 0.3) is 0 Å². The van der Waals surface area contributed by atoms with Crippen molar-refractivity contribution < 1.29 is 24.2 Å². The maximum Gasteiger partial charge on any atom is 0.408 e. The fraction of sp³-hybridized carbons (Fsp3) is 0.769. The molecule has 0 rings (SSSR count). The summed E-state index contributed by atoms with van der Waals surface area (Å²) >= 11 is 0. The SMILES string of the molecule is CCCNC(=O)C(CCC(=O)O)NC(=O)OC(C)(C)C. The van der Waals surface area contributed by atoms with Crippen LogP contribution in [-0.2, 0) is 14.3 Å². The van der Waals surface area contributed by atoms with E-state index >= 15 is 0 Å². The van der Waals surface area contributed by atoms with E-state index in [4.69, 9.17) is 9.84 Å². The van der Waals surface area contributed by atoms with Gasteiger partial charge in [-0.2, -0.15) is 0 Å². The van der Waals surface area contributed by atoms with Gasteiger partial charge in [-0.3, -0.25) is 9.59 Å². The van der Waals surface area contributed by atoms with Crippen molar-refractivity contribution in [1.29, 1.82) is 0 Å². The predicted molar refractivity (Wildman–Crippen MR) is 73.3 cm³/mol. The van der Waals surface area contributed by atoms with Crippen molar-refractivity contribution in [1.82, 2.24) is 10.6 Å². The molecule has 1 unspecified atom stereocenters. The molecule has 116 valence electrons. The summed E-state index contributed by atoms with van der Waals surface area (Å²) in [5.74, 6) is -1.43. The lowest BCUT2D eigenvalue weighted by Gasteiger charge is -2.23. The highest BCUT2D eigenvalue weighted by Crippen LogP contribution is 2.08. The first-order chi connectivity index (χ1) is 9.15. The highest BCUT2D eigenvalue weighted by atomic mass is 16.6. The Morgan fingerprint density at radius 2 is 1.85 bits per heavy atom. The van der Waals surface area contributed by atoms with E-state index in [0.29, 0.717) is 6.54 Å². The lowest BCUT2D eigenvalue weighted by atomic mass is 10.1. The Hall–Kier alpha value is -1.79. The van der Waals surface area contributed by atoms with Crippen molar-refractivity contribution >= 4 is 18.0 Å². The number of carboxylic acid groups (broad SMARTS) is 1. The van der Waals surface area contributed by atoms with E-state index in [1.54, 1.807) is 20.8 Å². The molecule has 20 heavy (non-hydrogen) atoms. The average Bonchev–Trinajstić information content (AvgIpc) is 2.28. The summed E-state index contributed by atoms with van der Waals surface area (Å²) in [5, 5.41) is 13.7.